The molecule has 0 fully saturated rings. The van der Waals surface area contributed by atoms with Gasteiger partial charge in [-0.2, -0.15) is 5.26 Å². The predicted molar refractivity (Wildman–Crippen MR) is 155 cm³/mol. The maximum Gasteiger partial charge on any atom is 0.132 e. The monoisotopic (exact) mass is 504 g/mol. The van der Waals surface area contributed by atoms with Crippen molar-refractivity contribution in [1.82, 2.24) is 4.98 Å². The zero-order valence-electron chi connectivity index (χ0n) is 22.3. The first-order chi connectivity index (χ1) is 18.4. The predicted octanol–water partition coefficient (Wildman–Crippen LogP) is 7.94. The number of aryl methyl sites for hydroxylation is 1. The average molecular weight is 505 g/mol. The van der Waals surface area contributed by atoms with E-state index in [1.807, 2.05) is 55.5 Å². The molecular formula is C33H33FN4. The molecule has 0 amide bonds. The molecule has 4 rings (SSSR count). The lowest BCUT2D eigenvalue weighted by molar-refractivity contribution is 0.312. The van der Waals surface area contributed by atoms with Crippen molar-refractivity contribution in [2.24, 2.45) is 27.7 Å². The Balaban J connectivity index is 1.92. The molecule has 192 valence electrons. The fraction of sp³-hybridized carbons (Fsp3) is 0.273. The second-order valence-corrected chi connectivity index (χ2v) is 9.89. The average Bonchev–Trinajstić information content (AvgIpc) is 2.93. The molecule has 4 nitrogen and oxygen atoms in total. The van der Waals surface area contributed by atoms with Gasteiger partial charge in [-0.1, -0.05) is 49.4 Å². The van der Waals surface area contributed by atoms with Gasteiger partial charge >= 0.3 is 0 Å². The van der Waals surface area contributed by atoms with E-state index in [2.05, 4.69) is 36.3 Å². The molecule has 3 aromatic rings. The van der Waals surface area contributed by atoms with Gasteiger partial charge in [-0.3, -0.25) is 15.0 Å². The van der Waals surface area contributed by atoms with Crippen LogP contribution < -0.4 is 0 Å². The highest BCUT2D eigenvalue weighted by Gasteiger charge is 2.35. The molecule has 0 radical (unpaired) electrons. The van der Waals surface area contributed by atoms with Crippen LogP contribution in [0.15, 0.2) is 100 Å². The van der Waals surface area contributed by atoms with Crippen LogP contribution in [0.1, 0.15) is 43.5 Å². The molecule has 1 heterocycles. The molecule has 3 unspecified atom stereocenters. The third-order valence-electron chi connectivity index (χ3n) is 7.39. The molecule has 3 atom stereocenters. The Labute approximate surface area is 224 Å². The van der Waals surface area contributed by atoms with Crippen molar-refractivity contribution in [3.05, 3.63) is 113 Å². The Morgan fingerprint density at radius 1 is 1.24 bits per heavy atom. The lowest BCUT2D eigenvalue weighted by atomic mass is 9.70. The quantitative estimate of drug-likeness (QED) is 0.178. The van der Waals surface area contributed by atoms with E-state index in [-0.39, 0.29) is 23.6 Å². The minimum atomic E-state index is -0.334. The van der Waals surface area contributed by atoms with Gasteiger partial charge in [0.15, 0.2) is 0 Å². The number of rotatable bonds is 8. The number of hydrogen-bond acceptors (Lipinski definition) is 4. The number of aliphatic imine (C=N–C) groups is 2. The highest BCUT2D eigenvalue weighted by molar-refractivity contribution is 6.13. The molecular weight excluding hydrogens is 471 g/mol. The van der Waals surface area contributed by atoms with E-state index >= 15 is 4.39 Å². The molecule has 0 bridgehead atoms. The molecule has 1 aliphatic rings. The highest BCUT2D eigenvalue weighted by Crippen LogP contribution is 2.42. The van der Waals surface area contributed by atoms with Crippen LogP contribution in [0.25, 0.3) is 10.9 Å². The molecule has 2 aromatic carbocycles. The topological polar surface area (TPSA) is 61.4 Å². The highest BCUT2D eigenvalue weighted by atomic mass is 19.1. The number of benzene rings is 2. The van der Waals surface area contributed by atoms with Gasteiger partial charge in [-0.15, -0.1) is 6.58 Å². The summed E-state index contributed by atoms with van der Waals surface area (Å²) in [6.45, 7) is 14.2. The number of halogens is 1. The minimum Gasteiger partial charge on any atom is -0.279 e. The largest absolute Gasteiger partial charge is 0.279 e. The molecule has 38 heavy (non-hydrogen) atoms. The molecule has 0 saturated heterocycles. The Morgan fingerprint density at radius 3 is 2.68 bits per heavy atom. The standard InChI is InChI=1S/C33H33FN4/c1-6-22(3)25-15-16-28(32(36-5)29(25)17-21(2)19-35)33(27-12-7-9-13-30(27)34)37-20-24-18-23(4)38-31-14-10-8-11-26(24)31/h6-14,17-18,22,25,29H,1,5,15-16,20H2,2-4H3/b21-17+,37-33?. The SMILES string of the molecule is C=CC(C)C1CCC(C(=NCc2cc(C)nc3ccccc23)c2ccccc2F)=C(N=C)C1/C=C(\C)C#N. The van der Waals surface area contributed by atoms with Crippen molar-refractivity contribution < 1.29 is 4.39 Å². The van der Waals surface area contributed by atoms with Crippen molar-refractivity contribution >= 4 is 23.3 Å². The molecule has 0 aliphatic heterocycles. The normalized spacial score (nSPS) is 19.2. The molecule has 5 heteroatoms. The van der Waals surface area contributed by atoms with Gasteiger partial charge in [-0.25, -0.2) is 4.39 Å². The van der Waals surface area contributed by atoms with Gasteiger partial charge in [0.25, 0.3) is 0 Å². The number of nitrogens with zero attached hydrogens (tertiary/aromatic N) is 4. The number of nitriles is 1. The summed E-state index contributed by atoms with van der Waals surface area (Å²) < 4.78 is 15.3. The maximum atomic E-state index is 15.3. The van der Waals surface area contributed by atoms with Crippen LogP contribution >= 0.6 is 0 Å². The van der Waals surface area contributed by atoms with Crippen molar-refractivity contribution in [1.29, 1.82) is 5.26 Å². The van der Waals surface area contributed by atoms with Crippen molar-refractivity contribution in [2.45, 2.75) is 40.2 Å². The van der Waals surface area contributed by atoms with Gasteiger partial charge in [-0.05, 0) is 75.1 Å². The lowest BCUT2D eigenvalue weighted by Crippen LogP contribution is -2.28. The Bertz CT molecular complexity index is 1500. The summed E-state index contributed by atoms with van der Waals surface area (Å²) in [4.78, 5) is 14.2. The number of aromatic nitrogens is 1. The van der Waals surface area contributed by atoms with E-state index in [0.29, 0.717) is 29.8 Å². The number of hydrogen-bond donors (Lipinski definition) is 0. The number of pyridine rings is 1. The van der Waals surface area contributed by atoms with Crippen LogP contribution in [-0.4, -0.2) is 17.4 Å². The van der Waals surface area contributed by atoms with Crippen LogP contribution in [0.2, 0.25) is 0 Å². The summed E-state index contributed by atoms with van der Waals surface area (Å²) in [5.41, 5.74) is 6.11. The van der Waals surface area contributed by atoms with E-state index in [0.717, 1.165) is 39.9 Å². The van der Waals surface area contributed by atoms with Crippen molar-refractivity contribution in [3.8, 4) is 6.07 Å². The minimum absolute atomic E-state index is 0.148. The molecule has 1 aromatic heterocycles. The first-order valence-corrected chi connectivity index (χ1v) is 12.9. The van der Waals surface area contributed by atoms with Gasteiger partial charge in [0.2, 0.25) is 0 Å². The van der Waals surface area contributed by atoms with Crippen LogP contribution in [-0.2, 0) is 6.54 Å². The third kappa shape index (κ3) is 5.55. The van der Waals surface area contributed by atoms with E-state index in [1.54, 1.807) is 19.1 Å². The van der Waals surface area contributed by atoms with Gasteiger partial charge in [0, 0.05) is 33.7 Å². The fourth-order valence-corrected chi connectivity index (χ4v) is 5.42. The molecule has 0 saturated carbocycles. The smallest absolute Gasteiger partial charge is 0.132 e. The number of fused-ring (bicyclic) bond motifs is 1. The number of allylic oxidation sites excluding steroid dienone is 4. The van der Waals surface area contributed by atoms with E-state index in [1.165, 1.54) is 6.07 Å². The molecule has 0 spiro atoms. The van der Waals surface area contributed by atoms with Gasteiger partial charge < -0.3 is 0 Å². The van der Waals surface area contributed by atoms with Crippen molar-refractivity contribution in [2.75, 3.05) is 0 Å². The maximum absolute atomic E-state index is 15.3. The Morgan fingerprint density at radius 2 is 1.97 bits per heavy atom. The summed E-state index contributed by atoms with van der Waals surface area (Å²) in [6, 6.07) is 19.0. The Kier molecular flexibility index (Phi) is 8.43. The van der Waals surface area contributed by atoms with Gasteiger partial charge in [0.1, 0.15) is 5.82 Å². The number of para-hydroxylation sites is 1. The van der Waals surface area contributed by atoms with E-state index in [4.69, 9.17) is 4.99 Å². The van der Waals surface area contributed by atoms with Crippen LogP contribution in [0, 0.1) is 41.8 Å². The Hall–Kier alpha value is -4.17. The van der Waals surface area contributed by atoms with E-state index in [9.17, 15) is 5.26 Å². The van der Waals surface area contributed by atoms with Crippen LogP contribution in [0.4, 0.5) is 4.39 Å². The van der Waals surface area contributed by atoms with Crippen molar-refractivity contribution in [3.63, 3.8) is 0 Å². The summed E-state index contributed by atoms with van der Waals surface area (Å²) in [7, 11) is 0. The van der Waals surface area contributed by atoms with Crippen LogP contribution in [0.3, 0.4) is 0 Å². The third-order valence-corrected chi connectivity index (χ3v) is 7.39. The zero-order valence-corrected chi connectivity index (χ0v) is 22.3. The summed E-state index contributed by atoms with van der Waals surface area (Å²) in [5.74, 6) is -0.0700. The zero-order chi connectivity index (χ0) is 27.2. The summed E-state index contributed by atoms with van der Waals surface area (Å²) >= 11 is 0. The molecule has 0 N–H and O–H groups in total. The summed E-state index contributed by atoms with van der Waals surface area (Å²) in [5, 5.41) is 10.6. The van der Waals surface area contributed by atoms with Crippen LogP contribution in [0.5, 0.6) is 0 Å². The molecule has 1 aliphatic carbocycles. The lowest BCUT2D eigenvalue weighted by Gasteiger charge is -2.35. The first kappa shape index (κ1) is 26.9. The first-order valence-electron chi connectivity index (χ1n) is 12.9. The second-order valence-electron chi connectivity index (χ2n) is 9.89. The van der Waals surface area contributed by atoms with E-state index < -0.39 is 0 Å². The second kappa shape index (κ2) is 11.9. The van der Waals surface area contributed by atoms with Gasteiger partial charge in [0.05, 0.1) is 29.5 Å². The fourth-order valence-electron chi connectivity index (χ4n) is 5.42. The summed E-state index contributed by atoms with van der Waals surface area (Å²) in [6.07, 6.45) is 5.43.